The highest BCUT2D eigenvalue weighted by Crippen LogP contribution is 2.68. The molecular weight excluding hydrogens is 424 g/mol. The maximum absolute atomic E-state index is 12.3. The minimum absolute atomic E-state index is 0.0347. The quantitative estimate of drug-likeness (QED) is 0.411. The average molecular weight is 477 g/mol. The largest absolute Gasteiger partial charge is 0.460 e. The molecule has 9 atom stereocenters. The molecule has 196 valence electrons. The Morgan fingerprint density at radius 1 is 1.00 bits per heavy atom. The molecule has 4 rings (SSSR count). The zero-order chi connectivity index (χ0) is 24.7. The Hall–Kier alpha value is -0.610. The van der Waals surface area contributed by atoms with Crippen LogP contribution < -0.4 is 0 Å². The molecule has 0 heterocycles. The van der Waals surface area contributed by atoms with Crippen molar-refractivity contribution in [2.75, 3.05) is 13.2 Å². The van der Waals surface area contributed by atoms with Crippen molar-refractivity contribution >= 4 is 5.97 Å². The molecule has 4 aliphatic carbocycles. The van der Waals surface area contributed by atoms with E-state index in [1.54, 1.807) is 0 Å². The molecule has 0 aromatic carbocycles. The van der Waals surface area contributed by atoms with E-state index >= 15 is 0 Å². The van der Waals surface area contributed by atoms with Gasteiger partial charge in [-0.25, -0.2) is 0 Å². The van der Waals surface area contributed by atoms with Gasteiger partial charge in [0.05, 0.1) is 19.3 Å². The molecule has 34 heavy (non-hydrogen) atoms. The predicted octanol–water partition coefficient (Wildman–Crippen LogP) is 6.78. The number of fused-ring (bicyclic) bond motifs is 5. The highest BCUT2D eigenvalue weighted by molar-refractivity contribution is 5.69. The second kappa shape index (κ2) is 10.0. The van der Waals surface area contributed by atoms with Gasteiger partial charge in [-0.1, -0.05) is 20.8 Å². The van der Waals surface area contributed by atoms with Crippen molar-refractivity contribution in [2.24, 2.45) is 46.3 Å². The molecule has 1 unspecified atom stereocenters. The fourth-order valence-electron chi connectivity index (χ4n) is 9.50. The fourth-order valence-corrected chi connectivity index (χ4v) is 9.50. The standard InChI is InChI=1S/C30H52O4/c1-20(7-12-27(32)34-28(2,3)4)24-10-11-25-23-9-8-21-19-22(33-18-17-31)13-15-29(21,5)26(23)14-16-30(24,25)6/h20-26,31H,7-19H2,1-6H3/t20-,21?,22+,23+,24-,25+,26+,29+,30-/m1/s1. The Morgan fingerprint density at radius 3 is 2.41 bits per heavy atom. The third-order valence-electron chi connectivity index (χ3n) is 11.0. The van der Waals surface area contributed by atoms with Crippen LogP contribution in [0.1, 0.15) is 112 Å². The van der Waals surface area contributed by atoms with Crippen molar-refractivity contribution in [2.45, 2.75) is 124 Å². The lowest BCUT2D eigenvalue weighted by Gasteiger charge is -2.61. The van der Waals surface area contributed by atoms with E-state index < -0.39 is 0 Å². The highest BCUT2D eigenvalue weighted by atomic mass is 16.6. The first kappa shape index (κ1) is 26.5. The van der Waals surface area contributed by atoms with Gasteiger partial charge in [-0.3, -0.25) is 4.79 Å². The second-order valence-electron chi connectivity index (χ2n) is 14.0. The zero-order valence-corrected chi connectivity index (χ0v) is 22.9. The van der Waals surface area contributed by atoms with Gasteiger partial charge in [0.25, 0.3) is 0 Å². The first-order chi connectivity index (χ1) is 16.0. The molecule has 0 aliphatic heterocycles. The van der Waals surface area contributed by atoms with Crippen molar-refractivity contribution in [1.29, 1.82) is 0 Å². The van der Waals surface area contributed by atoms with Crippen LogP contribution in [-0.4, -0.2) is 36.0 Å². The topological polar surface area (TPSA) is 55.8 Å². The third-order valence-corrected chi connectivity index (χ3v) is 11.0. The van der Waals surface area contributed by atoms with Crippen LogP contribution in [0.2, 0.25) is 0 Å². The Kier molecular flexibility index (Phi) is 7.81. The molecule has 1 N–H and O–H groups in total. The van der Waals surface area contributed by atoms with Gasteiger partial charge in [-0.15, -0.1) is 0 Å². The summed E-state index contributed by atoms with van der Waals surface area (Å²) >= 11 is 0. The number of esters is 1. The molecule has 4 aliphatic rings. The number of ether oxygens (including phenoxy) is 2. The van der Waals surface area contributed by atoms with E-state index in [9.17, 15) is 4.79 Å². The summed E-state index contributed by atoms with van der Waals surface area (Å²) in [7, 11) is 0. The van der Waals surface area contributed by atoms with Crippen LogP contribution >= 0.6 is 0 Å². The van der Waals surface area contributed by atoms with Gasteiger partial charge in [0.15, 0.2) is 0 Å². The molecule has 4 heteroatoms. The van der Waals surface area contributed by atoms with Gasteiger partial charge in [-0.2, -0.15) is 0 Å². The summed E-state index contributed by atoms with van der Waals surface area (Å²) in [6.45, 7) is 14.1. The van der Waals surface area contributed by atoms with Crippen molar-refractivity contribution in [3.63, 3.8) is 0 Å². The molecule has 4 saturated carbocycles. The normalized spacial score (nSPS) is 42.9. The number of rotatable bonds is 7. The van der Waals surface area contributed by atoms with E-state index in [0.717, 1.165) is 36.0 Å². The van der Waals surface area contributed by atoms with Crippen LogP contribution in [-0.2, 0) is 14.3 Å². The molecule has 0 spiro atoms. The van der Waals surface area contributed by atoms with Crippen LogP contribution in [0, 0.1) is 46.3 Å². The average Bonchev–Trinajstić information content (AvgIpc) is 3.12. The minimum atomic E-state index is -0.387. The lowest BCUT2D eigenvalue weighted by Crippen LogP contribution is -2.54. The van der Waals surface area contributed by atoms with E-state index in [4.69, 9.17) is 14.6 Å². The second-order valence-corrected chi connectivity index (χ2v) is 14.0. The monoisotopic (exact) mass is 476 g/mol. The Balaban J connectivity index is 1.39. The number of hydrogen-bond acceptors (Lipinski definition) is 4. The van der Waals surface area contributed by atoms with E-state index in [1.807, 2.05) is 20.8 Å². The summed E-state index contributed by atoms with van der Waals surface area (Å²) in [5, 5.41) is 9.16. The number of carbonyl (C=O) groups excluding carboxylic acids is 1. The van der Waals surface area contributed by atoms with Crippen molar-refractivity contribution in [1.82, 2.24) is 0 Å². The summed E-state index contributed by atoms with van der Waals surface area (Å²) in [6, 6.07) is 0. The van der Waals surface area contributed by atoms with Crippen LogP contribution in [0.4, 0.5) is 0 Å². The number of aliphatic hydroxyl groups excluding tert-OH is 1. The summed E-state index contributed by atoms with van der Waals surface area (Å²) in [5.41, 5.74) is 0.533. The smallest absolute Gasteiger partial charge is 0.306 e. The molecule has 0 aromatic rings. The maximum Gasteiger partial charge on any atom is 0.306 e. The molecule has 0 bridgehead atoms. The SMILES string of the molecule is C[C@H](CCC(=O)OC(C)(C)C)[C@H]1CC[C@H]2[C@@H]3CCC4C[C@@H](OCCO)CC[C@]4(C)[C@H]3CC[C@]12C. The van der Waals surface area contributed by atoms with E-state index in [-0.39, 0.29) is 18.2 Å². The molecule has 0 saturated heterocycles. The van der Waals surface area contributed by atoms with Gasteiger partial charge < -0.3 is 14.6 Å². The first-order valence-electron chi connectivity index (χ1n) is 14.4. The number of carbonyl (C=O) groups is 1. The fraction of sp³-hybridized carbons (Fsp3) is 0.967. The van der Waals surface area contributed by atoms with Crippen LogP contribution in [0.3, 0.4) is 0 Å². The van der Waals surface area contributed by atoms with Crippen molar-refractivity contribution in [3.8, 4) is 0 Å². The van der Waals surface area contributed by atoms with Crippen molar-refractivity contribution < 1.29 is 19.4 Å². The van der Waals surface area contributed by atoms with E-state index in [2.05, 4.69) is 20.8 Å². The van der Waals surface area contributed by atoms with Crippen molar-refractivity contribution in [3.05, 3.63) is 0 Å². The highest BCUT2D eigenvalue weighted by Gasteiger charge is 2.60. The van der Waals surface area contributed by atoms with Gasteiger partial charge in [0.2, 0.25) is 0 Å². The van der Waals surface area contributed by atoms with Gasteiger partial charge in [0.1, 0.15) is 5.60 Å². The Labute approximate surface area is 208 Å². The van der Waals surface area contributed by atoms with E-state index in [0.29, 0.717) is 35.9 Å². The first-order valence-corrected chi connectivity index (χ1v) is 14.4. The lowest BCUT2D eigenvalue weighted by atomic mass is 9.44. The Morgan fingerprint density at radius 2 is 1.71 bits per heavy atom. The molecule has 0 radical (unpaired) electrons. The molecule has 4 nitrogen and oxygen atoms in total. The Bertz CT molecular complexity index is 713. The van der Waals surface area contributed by atoms with E-state index in [1.165, 1.54) is 57.8 Å². The van der Waals surface area contributed by atoms with Crippen LogP contribution in [0.5, 0.6) is 0 Å². The predicted molar refractivity (Wildman–Crippen MR) is 136 cm³/mol. The lowest BCUT2D eigenvalue weighted by molar-refractivity contribution is -0.155. The summed E-state index contributed by atoms with van der Waals surface area (Å²) in [5.74, 6) is 4.71. The molecule has 0 aromatic heterocycles. The summed E-state index contributed by atoms with van der Waals surface area (Å²) < 4.78 is 11.6. The summed E-state index contributed by atoms with van der Waals surface area (Å²) in [4.78, 5) is 12.3. The zero-order valence-electron chi connectivity index (χ0n) is 22.9. The van der Waals surface area contributed by atoms with Gasteiger partial charge in [-0.05, 0) is 131 Å². The molecule has 0 amide bonds. The number of aliphatic hydroxyl groups is 1. The molecular formula is C30H52O4. The maximum atomic E-state index is 12.3. The van der Waals surface area contributed by atoms with Crippen LogP contribution in [0.15, 0.2) is 0 Å². The molecule has 4 fully saturated rings. The number of hydrogen-bond donors (Lipinski definition) is 1. The minimum Gasteiger partial charge on any atom is -0.460 e. The van der Waals surface area contributed by atoms with Gasteiger partial charge in [0, 0.05) is 6.42 Å². The van der Waals surface area contributed by atoms with Gasteiger partial charge >= 0.3 is 5.97 Å². The third kappa shape index (κ3) is 5.10. The summed E-state index contributed by atoms with van der Waals surface area (Å²) in [6.07, 6.45) is 13.8. The van der Waals surface area contributed by atoms with Crippen LogP contribution in [0.25, 0.3) is 0 Å².